The molecule has 4 nitrogen and oxygen atoms in total. The van der Waals surface area contributed by atoms with Crippen LogP contribution in [0, 0.1) is 20.8 Å². The molecule has 142 valence electrons. The van der Waals surface area contributed by atoms with E-state index in [1.807, 2.05) is 26.0 Å². The monoisotopic (exact) mass is 374 g/mol. The van der Waals surface area contributed by atoms with E-state index >= 15 is 0 Å². The molecule has 6 heteroatoms. The number of furan rings is 1. The number of benzene rings is 2. The zero-order chi connectivity index (χ0) is 19.3. The third kappa shape index (κ3) is 2.99. The summed E-state index contributed by atoms with van der Waals surface area (Å²) in [5, 5.41) is 0.667. The lowest BCUT2D eigenvalue weighted by atomic mass is 10.0. The fourth-order valence-electron chi connectivity index (χ4n) is 3.46. The number of alkyl halides is 2. The molecule has 1 aliphatic rings. The summed E-state index contributed by atoms with van der Waals surface area (Å²) in [6, 6.07) is 7.19. The van der Waals surface area contributed by atoms with Gasteiger partial charge in [0.1, 0.15) is 23.7 Å². The largest absolute Gasteiger partial charge is 0.586 e. The Balaban J connectivity index is 1.73. The van der Waals surface area contributed by atoms with Gasteiger partial charge in [-0.15, -0.1) is 8.78 Å². The molecular weight excluding hydrogens is 354 g/mol. The molecule has 1 aliphatic heterocycles. The number of aryl methyl sites for hydroxylation is 2. The Morgan fingerprint density at radius 2 is 1.81 bits per heavy atom. The zero-order valence-electron chi connectivity index (χ0n) is 15.6. The summed E-state index contributed by atoms with van der Waals surface area (Å²) in [6.07, 6.45) is -2.76. The fraction of sp³-hybridized carbons (Fsp3) is 0.333. The lowest BCUT2D eigenvalue weighted by Crippen LogP contribution is -2.26. The van der Waals surface area contributed by atoms with Crippen molar-refractivity contribution >= 4 is 11.0 Å². The van der Waals surface area contributed by atoms with Crippen LogP contribution in [0.2, 0.25) is 0 Å². The lowest BCUT2D eigenvalue weighted by Gasteiger charge is -2.15. The van der Waals surface area contributed by atoms with E-state index in [9.17, 15) is 8.78 Å². The van der Waals surface area contributed by atoms with Crippen LogP contribution in [-0.4, -0.2) is 6.29 Å². The Hall–Kier alpha value is -2.76. The van der Waals surface area contributed by atoms with Gasteiger partial charge in [-0.25, -0.2) is 0 Å². The lowest BCUT2D eigenvalue weighted by molar-refractivity contribution is -0.287. The van der Waals surface area contributed by atoms with Crippen molar-refractivity contribution in [2.45, 2.75) is 47.0 Å². The van der Waals surface area contributed by atoms with Crippen molar-refractivity contribution in [1.29, 1.82) is 0 Å². The molecule has 0 saturated heterocycles. The highest BCUT2D eigenvalue weighted by Gasteiger charge is 2.45. The van der Waals surface area contributed by atoms with Crippen LogP contribution in [0.15, 0.2) is 28.7 Å². The first-order chi connectivity index (χ1) is 12.8. The Kier molecular flexibility index (Phi) is 4.02. The van der Waals surface area contributed by atoms with Crippen LogP contribution < -0.4 is 14.2 Å². The first kappa shape index (κ1) is 17.6. The average Bonchev–Trinajstić information content (AvgIpc) is 3.12. The first-order valence-corrected chi connectivity index (χ1v) is 8.83. The first-order valence-electron chi connectivity index (χ1n) is 8.83. The van der Waals surface area contributed by atoms with Crippen molar-refractivity contribution in [3.05, 3.63) is 52.3 Å². The van der Waals surface area contributed by atoms with Crippen LogP contribution in [0.25, 0.3) is 11.0 Å². The Morgan fingerprint density at radius 3 is 2.56 bits per heavy atom. The second-order valence-corrected chi connectivity index (χ2v) is 6.74. The molecule has 0 amide bonds. The molecule has 27 heavy (non-hydrogen) atoms. The molecule has 2 aromatic carbocycles. The molecule has 3 aromatic rings. The number of ether oxygens (including phenoxy) is 3. The van der Waals surface area contributed by atoms with Gasteiger partial charge in [0.05, 0.1) is 5.56 Å². The summed E-state index contributed by atoms with van der Waals surface area (Å²) in [5.41, 5.74) is 4.31. The SMILES string of the molecule is CCc1ccc(OCc2c3c(cc4cc(C)oc24)OC(F)(F)O3)c(C)c1C. The van der Waals surface area contributed by atoms with Gasteiger partial charge in [0.25, 0.3) is 0 Å². The molecule has 0 radical (unpaired) electrons. The number of halogens is 2. The standard InChI is InChI=1S/C21H20F2O4/c1-5-14-6-7-17(13(4)12(14)3)24-10-16-19-15(8-11(2)25-19)9-18-20(16)27-21(22,23)26-18/h6-9H,5,10H2,1-4H3. The number of hydrogen-bond acceptors (Lipinski definition) is 4. The highest BCUT2D eigenvalue weighted by molar-refractivity contribution is 5.86. The van der Waals surface area contributed by atoms with Crippen LogP contribution >= 0.6 is 0 Å². The summed E-state index contributed by atoms with van der Waals surface area (Å²) in [5.74, 6) is 1.31. The van der Waals surface area contributed by atoms with Crippen LogP contribution in [0.1, 0.15) is 34.9 Å². The molecule has 2 heterocycles. The molecule has 0 saturated carbocycles. The average molecular weight is 374 g/mol. The molecule has 4 rings (SSSR count). The van der Waals surface area contributed by atoms with Gasteiger partial charge in [0, 0.05) is 5.39 Å². The Bertz CT molecular complexity index is 1040. The van der Waals surface area contributed by atoms with Gasteiger partial charge in [0.15, 0.2) is 11.5 Å². The summed E-state index contributed by atoms with van der Waals surface area (Å²) < 4.78 is 48.2. The van der Waals surface area contributed by atoms with Gasteiger partial charge in [-0.3, -0.25) is 0 Å². The van der Waals surface area contributed by atoms with Crippen LogP contribution in [0.4, 0.5) is 8.78 Å². The second kappa shape index (κ2) is 6.15. The van der Waals surface area contributed by atoms with E-state index in [0.29, 0.717) is 28.0 Å². The molecule has 0 bridgehead atoms. The summed E-state index contributed by atoms with van der Waals surface area (Å²) in [7, 11) is 0. The smallest absolute Gasteiger partial charge is 0.488 e. The van der Waals surface area contributed by atoms with Crippen molar-refractivity contribution in [1.82, 2.24) is 0 Å². The van der Waals surface area contributed by atoms with Gasteiger partial charge in [-0.2, -0.15) is 0 Å². The molecule has 0 atom stereocenters. The number of rotatable bonds is 4. The fourth-order valence-corrected chi connectivity index (χ4v) is 3.46. The minimum absolute atomic E-state index is 0.0128. The highest BCUT2D eigenvalue weighted by atomic mass is 19.3. The van der Waals surface area contributed by atoms with E-state index in [0.717, 1.165) is 12.0 Å². The van der Waals surface area contributed by atoms with Crippen molar-refractivity contribution < 1.29 is 27.4 Å². The van der Waals surface area contributed by atoms with Gasteiger partial charge in [0.2, 0.25) is 0 Å². The summed E-state index contributed by atoms with van der Waals surface area (Å²) in [4.78, 5) is 0. The van der Waals surface area contributed by atoms with E-state index in [-0.39, 0.29) is 18.1 Å². The second-order valence-electron chi connectivity index (χ2n) is 6.74. The van der Waals surface area contributed by atoms with Crippen molar-refractivity contribution in [3.63, 3.8) is 0 Å². The predicted octanol–water partition coefficient (Wildman–Crippen LogP) is 5.82. The minimum atomic E-state index is -3.69. The molecule has 0 aliphatic carbocycles. The molecule has 0 unspecified atom stereocenters. The van der Waals surface area contributed by atoms with E-state index < -0.39 is 6.29 Å². The van der Waals surface area contributed by atoms with E-state index in [1.54, 1.807) is 13.0 Å². The Morgan fingerprint density at radius 1 is 1.04 bits per heavy atom. The molecule has 1 aromatic heterocycles. The minimum Gasteiger partial charge on any atom is -0.488 e. The van der Waals surface area contributed by atoms with Gasteiger partial charge >= 0.3 is 6.29 Å². The normalized spacial score (nSPS) is 14.7. The topological polar surface area (TPSA) is 40.8 Å². The van der Waals surface area contributed by atoms with E-state index in [4.69, 9.17) is 13.9 Å². The summed E-state index contributed by atoms with van der Waals surface area (Å²) >= 11 is 0. The molecule has 0 fully saturated rings. The third-order valence-corrected chi connectivity index (χ3v) is 4.99. The molecule has 0 spiro atoms. The molecular formula is C21H20F2O4. The van der Waals surface area contributed by atoms with Crippen molar-refractivity contribution in [3.8, 4) is 17.2 Å². The maximum Gasteiger partial charge on any atom is 0.586 e. The number of hydrogen-bond donors (Lipinski definition) is 0. The summed E-state index contributed by atoms with van der Waals surface area (Å²) in [6.45, 7) is 7.95. The van der Waals surface area contributed by atoms with E-state index in [1.165, 1.54) is 17.2 Å². The molecule has 0 N–H and O–H groups in total. The van der Waals surface area contributed by atoms with Crippen LogP contribution in [-0.2, 0) is 13.0 Å². The third-order valence-electron chi connectivity index (χ3n) is 4.99. The van der Waals surface area contributed by atoms with Crippen LogP contribution in [0.5, 0.6) is 17.2 Å². The highest BCUT2D eigenvalue weighted by Crippen LogP contribution is 2.47. The Labute approximate surface area is 155 Å². The maximum absolute atomic E-state index is 13.6. The van der Waals surface area contributed by atoms with Crippen LogP contribution in [0.3, 0.4) is 0 Å². The van der Waals surface area contributed by atoms with Gasteiger partial charge < -0.3 is 18.6 Å². The quantitative estimate of drug-likeness (QED) is 0.577. The maximum atomic E-state index is 13.6. The number of fused-ring (bicyclic) bond motifs is 2. The van der Waals surface area contributed by atoms with E-state index in [2.05, 4.69) is 11.7 Å². The van der Waals surface area contributed by atoms with Gasteiger partial charge in [-0.1, -0.05) is 13.0 Å². The van der Waals surface area contributed by atoms with Gasteiger partial charge in [-0.05, 0) is 62.1 Å². The van der Waals surface area contributed by atoms with Crippen molar-refractivity contribution in [2.24, 2.45) is 0 Å². The zero-order valence-corrected chi connectivity index (χ0v) is 15.6. The van der Waals surface area contributed by atoms with Crippen molar-refractivity contribution in [2.75, 3.05) is 0 Å². The predicted molar refractivity (Wildman–Crippen MR) is 96.8 cm³/mol.